The Morgan fingerprint density at radius 1 is 1.50 bits per heavy atom. The van der Waals surface area contributed by atoms with Gasteiger partial charge in [0.2, 0.25) is 5.88 Å². The van der Waals surface area contributed by atoms with Gasteiger partial charge in [-0.25, -0.2) is 4.98 Å². The van der Waals surface area contributed by atoms with Crippen molar-refractivity contribution in [1.82, 2.24) is 4.98 Å². The van der Waals surface area contributed by atoms with Crippen LogP contribution in [0.2, 0.25) is 0 Å². The third kappa shape index (κ3) is 2.31. The predicted molar refractivity (Wildman–Crippen MR) is 58.2 cm³/mol. The Morgan fingerprint density at radius 3 is 2.94 bits per heavy atom. The number of rotatable bonds is 2. The predicted octanol–water partition coefficient (Wildman–Crippen LogP) is 1.82. The maximum absolute atomic E-state index is 9.03. The van der Waals surface area contributed by atoms with E-state index >= 15 is 0 Å². The van der Waals surface area contributed by atoms with E-state index in [4.69, 9.17) is 14.7 Å². The maximum Gasteiger partial charge on any atom is 0.232 e. The fourth-order valence-corrected chi connectivity index (χ4v) is 1.71. The summed E-state index contributed by atoms with van der Waals surface area (Å²) in [6, 6.07) is 3.95. The maximum atomic E-state index is 9.03. The van der Waals surface area contributed by atoms with Gasteiger partial charge in [0.1, 0.15) is 17.7 Å². The minimum Gasteiger partial charge on any atom is -0.473 e. The van der Waals surface area contributed by atoms with Gasteiger partial charge in [0.05, 0.1) is 13.2 Å². The van der Waals surface area contributed by atoms with Crippen molar-refractivity contribution < 1.29 is 9.47 Å². The molecule has 0 radical (unpaired) electrons. The average Bonchev–Trinajstić information content (AvgIpc) is 2.31. The monoisotopic (exact) mass is 218 g/mol. The normalized spacial score (nSPS) is 16.8. The van der Waals surface area contributed by atoms with Gasteiger partial charge in [-0.15, -0.1) is 0 Å². The molecule has 0 amide bonds. The van der Waals surface area contributed by atoms with Crippen molar-refractivity contribution in [3.8, 4) is 11.9 Å². The molecule has 1 aliphatic heterocycles. The second-order valence-corrected chi connectivity index (χ2v) is 3.85. The molecule has 4 heteroatoms. The molecule has 0 bridgehead atoms. The SMILES string of the molecule is Cc1ccnc(OC2CCOCC2)c1C#N. The molecule has 1 aromatic heterocycles. The molecule has 1 saturated heterocycles. The van der Waals surface area contributed by atoms with Gasteiger partial charge in [-0.3, -0.25) is 0 Å². The lowest BCUT2D eigenvalue weighted by Gasteiger charge is -2.23. The number of nitrogens with zero attached hydrogens (tertiary/aromatic N) is 2. The summed E-state index contributed by atoms with van der Waals surface area (Å²) in [6.07, 6.45) is 3.52. The molecule has 0 N–H and O–H groups in total. The average molecular weight is 218 g/mol. The molecular weight excluding hydrogens is 204 g/mol. The van der Waals surface area contributed by atoms with Crippen LogP contribution in [0.5, 0.6) is 5.88 Å². The van der Waals surface area contributed by atoms with Gasteiger partial charge in [-0.05, 0) is 18.6 Å². The summed E-state index contributed by atoms with van der Waals surface area (Å²) in [5, 5.41) is 9.03. The summed E-state index contributed by atoms with van der Waals surface area (Å²) >= 11 is 0. The Labute approximate surface area is 94.8 Å². The lowest BCUT2D eigenvalue weighted by atomic mass is 10.1. The quantitative estimate of drug-likeness (QED) is 0.759. The molecule has 84 valence electrons. The van der Waals surface area contributed by atoms with Crippen LogP contribution in [0.25, 0.3) is 0 Å². The Hall–Kier alpha value is -1.60. The minimum absolute atomic E-state index is 0.121. The molecule has 2 heterocycles. The molecule has 0 aliphatic carbocycles. The highest BCUT2D eigenvalue weighted by molar-refractivity contribution is 5.43. The molecule has 0 unspecified atom stereocenters. The number of hydrogen-bond acceptors (Lipinski definition) is 4. The lowest BCUT2D eigenvalue weighted by Crippen LogP contribution is -2.26. The van der Waals surface area contributed by atoms with Crippen LogP contribution < -0.4 is 4.74 Å². The van der Waals surface area contributed by atoms with Crippen LogP contribution >= 0.6 is 0 Å². The smallest absolute Gasteiger partial charge is 0.232 e. The molecule has 1 fully saturated rings. The van der Waals surface area contributed by atoms with E-state index in [1.807, 2.05) is 13.0 Å². The van der Waals surface area contributed by atoms with Crippen LogP contribution in [0.15, 0.2) is 12.3 Å². The molecule has 0 spiro atoms. The second kappa shape index (κ2) is 4.95. The van der Waals surface area contributed by atoms with Gasteiger partial charge in [0.25, 0.3) is 0 Å². The first-order chi connectivity index (χ1) is 7.81. The fourth-order valence-electron chi connectivity index (χ4n) is 1.71. The van der Waals surface area contributed by atoms with Gasteiger partial charge in [0.15, 0.2) is 0 Å². The third-order valence-electron chi connectivity index (χ3n) is 2.68. The molecule has 4 nitrogen and oxygen atoms in total. The van der Waals surface area contributed by atoms with Crippen molar-refractivity contribution in [1.29, 1.82) is 5.26 Å². The Morgan fingerprint density at radius 2 is 2.25 bits per heavy atom. The molecule has 0 saturated carbocycles. The summed E-state index contributed by atoms with van der Waals surface area (Å²) in [4.78, 5) is 4.12. The van der Waals surface area contributed by atoms with E-state index in [1.54, 1.807) is 6.20 Å². The van der Waals surface area contributed by atoms with Crippen LogP contribution in [0, 0.1) is 18.3 Å². The van der Waals surface area contributed by atoms with Crippen molar-refractivity contribution in [2.75, 3.05) is 13.2 Å². The summed E-state index contributed by atoms with van der Waals surface area (Å²) in [5.41, 5.74) is 1.44. The Bertz CT molecular complexity index is 406. The van der Waals surface area contributed by atoms with Crippen molar-refractivity contribution in [3.05, 3.63) is 23.4 Å². The van der Waals surface area contributed by atoms with Gasteiger partial charge < -0.3 is 9.47 Å². The zero-order valence-corrected chi connectivity index (χ0v) is 9.27. The van der Waals surface area contributed by atoms with Crippen molar-refractivity contribution in [3.63, 3.8) is 0 Å². The summed E-state index contributed by atoms with van der Waals surface area (Å²) in [6.45, 7) is 3.33. The van der Waals surface area contributed by atoms with E-state index in [-0.39, 0.29) is 6.10 Å². The molecule has 0 aromatic carbocycles. The van der Waals surface area contributed by atoms with Gasteiger partial charge >= 0.3 is 0 Å². The number of pyridine rings is 1. The van der Waals surface area contributed by atoms with Gasteiger partial charge in [0, 0.05) is 19.0 Å². The van der Waals surface area contributed by atoms with Crippen LogP contribution in [0.1, 0.15) is 24.0 Å². The number of ether oxygens (including phenoxy) is 2. The van der Waals surface area contributed by atoms with E-state index in [0.717, 1.165) is 31.6 Å². The molecular formula is C12H14N2O2. The topological polar surface area (TPSA) is 55.1 Å². The first-order valence-corrected chi connectivity index (χ1v) is 5.41. The van der Waals surface area contributed by atoms with Crippen LogP contribution in [-0.2, 0) is 4.74 Å². The van der Waals surface area contributed by atoms with E-state index in [9.17, 15) is 0 Å². The van der Waals surface area contributed by atoms with Crippen LogP contribution in [-0.4, -0.2) is 24.3 Å². The number of aryl methyl sites for hydroxylation is 1. The highest BCUT2D eigenvalue weighted by atomic mass is 16.5. The highest BCUT2D eigenvalue weighted by Gasteiger charge is 2.18. The molecule has 0 atom stereocenters. The van der Waals surface area contributed by atoms with E-state index < -0.39 is 0 Å². The Kier molecular flexibility index (Phi) is 3.37. The van der Waals surface area contributed by atoms with E-state index in [0.29, 0.717) is 11.4 Å². The summed E-state index contributed by atoms with van der Waals surface area (Å²) < 4.78 is 11.0. The Balaban J connectivity index is 2.14. The number of aromatic nitrogens is 1. The van der Waals surface area contributed by atoms with Gasteiger partial charge in [-0.2, -0.15) is 5.26 Å². The van der Waals surface area contributed by atoms with Crippen LogP contribution in [0.4, 0.5) is 0 Å². The van der Waals surface area contributed by atoms with E-state index in [1.165, 1.54) is 0 Å². The van der Waals surface area contributed by atoms with Gasteiger partial charge in [-0.1, -0.05) is 0 Å². The van der Waals surface area contributed by atoms with Crippen molar-refractivity contribution in [2.24, 2.45) is 0 Å². The summed E-state index contributed by atoms with van der Waals surface area (Å²) in [7, 11) is 0. The first-order valence-electron chi connectivity index (χ1n) is 5.41. The third-order valence-corrected chi connectivity index (χ3v) is 2.68. The van der Waals surface area contributed by atoms with Crippen LogP contribution in [0.3, 0.4) is 0 Å². The number of nitriles is 1. The summed E-state index contributed by atoms with van der Waals surface area (Å²) in [5.74, 6) is 0.453. The van der Waals surface area contributed by atoms with Crippen molar-refractivity contribution in [2.45, 2.75) is 25.9 Å². The highest BCUT2D eigenvalue weighted by Crippen LogP contribution is 2.21. The largest absolute Gasteiger partial charge is 0.473 e. The second-order valence-electron chi connectivity index (χ2n) is 3.85. The number of hydrogen-bond donors (Lipinski definition) is 0. The zero-order valence-electron chi connectivity index (χ0n) is 9.27. The minimum atomic E-state index is 0.121. The molecule has 16 heavy (non-hydrogen) atoms. The first kappa shape index (κ1) is 10.9. The lowest BCUT2D eigenvalue weighted by molar-refractivity contribution is 0.0236. The zero-order chi connectivity index (χ0) is 11.4. The van der Waals surface area contributed by atoms with Crippen molar-refractivity contribution >= 4 is 0 Å². The van der Waals surface area contributed by atoms with E-state index in [2.05, 4.69) is 11.1 Å². The standard InChI is InChI=1S/C12H14N2O2/c1-9-2-5-14-12(11(9)8-13)16-10-3-6-15-7-4-10/h2,5,10H,3-4,6-7H2,1H3. The molecule has 1 aliphatic rings. The molecule has 1 aromatic rings. The fraction of sp³-hybridized carbons (Fsp3) is 0.500. The molecule has 2 rings (SSSR count).